The second kappa shape index (κ2) is 17.1. The smallest absolute Gasteiger partial charge is 0.352 e. The second-order valence-electron chi connectivity index (χ2n) is 14.9. The minimum absolute atomic E-state index is 0.0625. The van der Waals surface area contributed by atoms with E-state index >= 15 is 4.39 Å². The van der Waals surface area contributed by atoms with Crippen LogP contribution in [0.4, 0.5) is 28.9 Å². The predicted molar refractivity (Wildman–Crippen MR) is 213 cm³/mol. The number of halogens is 4. The van der Waals surface area contributed by atoms with Crippen molar-refractivity contribution in [2.24, 2.45) is 0 Å². The molecule has 4 heterocycles. The van der Waals surface area contributed by atoms with Crippen molar-refractivity contribution in [3.63, 3.8) is 0 Å². The summed E-state index contributed by atoms with van der Waals surface area (Å²) >= 11 is 5.53. The number of hydrogen-bond acceptors (Lipinski definition) is 8. The molecule has 2 N–H and O–H groups in total. The number of nitriles is 1. The number of nitrogens with zero attached hydrogens (tertiary/aromatic N) is 6. The maximum Gasteiger partial charge on any atom is 0.417 e. The Kier molecular flexibility index (Phi) is 12.4. The number of hydrogen-bond donors (Lipinski definition) is 2. The Morgan fingerprint density at radius 1 is 0.982 bits per heavy atom. The van der Waals surface area contributed by atoms with Gasteiger partial charge >= 0.3 is 6.18 Å². The maximum absolute atomic E-state index is 15.4. The highest BCUT2D eigenvalue weighted by atomic mass is 32.1. The standard InChI is InChI=1S/C41H44F4N8O3S/c1-4-27-20-34-35(49-36(27)54)19-26(24-48-34)25-51-17-15-50(16-18-51)14-8-6-5-7-13-47-37(55)31-12-11-30(22-33(31)42)53-39(57)52(38(56)40(53,2)3)29-10-9-28(23-46)32(21-29)41(43,44)45/h9-12,19-22,24H,4-8,13-18,25H2,1-3H3,(H,47,55)(H,49,54). The number of carbonyl (C=O) groups is 2. The van der Waals surface area contributed by atoms with E-state index < -0.39 is 40.5 Å². The third-order valence-corrected chi connectivity index (χ3v) is 10.9. The Morgan fingerprint density at radius 2 is 1.68 bits per heavy atom. The molecule has 0 spiro atoms. The van der Waals surface area contributed by atoms with Crippen LogP contribution in [0.1, 0.15) is 79.1 Å². The number of benzene rings is 2. The van der Waals surface area contributed by atoms with Gasteiger partial charge in [-0.15, -0.1) is 0 Å². The molecule has 0 aliphatic carbocycles. The zero-order valence-electron chi connectivity index (χ0n) is 32.0. The monoisotopic (exact) mass is 804 g/mol. The first kappa shape index (κ1) is 41.4. The number of aryl methyl sites for hydroxylation is 1. The molecule has 57 heavy (non-hydrogen) atoms. The normalized spacial score (nSPS) is 16.4. The second-order valence-corrected chi connectivity index (χ2v) is 15.2. The van der Waals surface area contributed by atoms with E-state index in [1.54, 1.807) is 0 Å². The predicted octanol–water partition coefficient (Wildman–Crippen LogP) is 6.54. The Hall–Kier alpha value is -5.24. The summed E-state index contributed by atoms with van der Waals surface area (Å²) in [5, 5.41) is 11.8. The topological polar surface area (TPSA) is 129 Å². The first-order chi connectivity index (χ1) is 27.1. The SMILES string of the molecule is CCc1cc2ncc(CN3CCN(CCCCCCNC(=O)c4ccc(N5C(=S)N(c6ccc(C#N)c(C(F)(F)F)c6)C(=O)C5(C)C)cc4F)CC3)cc2[nH]c1=O. The number of fused-ring (bicyclic) bond motifs is 1. The molecule has 2 fully saturated rings. The molecule has 4 aromatic rings. The highest BCUT2D eigenvalue weighted by Gasteiger charge is 2.51. The minimum Gasteiger partial charge on any atom is -0.352 e. The van der Waals surface area contributed by atoms with Crippen molar-refractivity contribution < 1.29 is 27.2 Å². The fraction of sp³-hybridized carbons (Fsp3) is 0.415. The summed E-state index contributed by atoms with van der Waals surface area (Å²) in [5.74, 6) is -2.08. The number of amides is 2. The lowest BCUT2D eigenvalue weighted by Crippen LogP contribution is -2.46. The summed E-state index contributed by atoms with van der Waals surface area (Å²) < 4.78 is 56.4. The van der Waals surface area contributed by atoms with Crippen LogP contribution in [0.2, 0.25) is 0 Å². The third kappa shape index (κ3) is 9.01. The fourth-order valence-electron chi connectivity index (χ4n) is 7.34. The molecule has 16 heteroatoms. The molecule has 0 radical (unpaired) electrons. The molecule has 2 aliphatic heterocycles. The molecule has 2 aliphatic rings. The third-order valence-electron chi connectivity index (χ3n) is 10.6. The summed E-state index contributed by atoms with van der Waals surface area (Å²) in [6.45, 7) is 10.9. The van der Waals surface area contributed by atoms with Gasteiger partial charge in [-0.05, 0) is 106 Å². The zero-order valence-corrected chi connectivity index (χ0v) is 32.8. The van der Waals surface area contributed by atoms with E-state index in [1.807, 2.05) is 25.3 Å². The summed E-state index contributed by atoms with van der Waals surface area (Å²) in [6, 6.07) is 12.1. The Bertz CT molecular complexity index is 2280. The van der Waals surface area contributed by atoms with Gasteiger partial charge in [-0.3, -0.25) is 29.2 Å². The number of aromatic amines is 1. The van der Waals surface area contributed by atoms with Gasteiger partial charge in [0.2, 0.25) is 0 Å². The molecule has 2 saturated heterocycles. The summed E-state index contributed by atoms with van der Waals surface area (Å²) in [4.78, 5) is 53.2. The van der Waals surface area contributed by atoms with Crippen molar-refractivity contribution in [3.8, 4) is 6.07 Å². The first-order valence-electron chi connectivity index (χ1n) is 19.0. The number of H-pyrrole nitrogens is 1. The van der Waals surface area contributed by atoms with Gasteiger partial charge in [-0.25, -0.2) is 4.39 Å². The number of piperazine rings is 1. The van der Waals surface area contributed by atoms with E-state index in [0.29, 0.717) is 19.0 Å². The molecule has 0 atom stereocenters. The zero-order chi connectivity index (χ0) is 41.1. The highest BCUT2D eigenvalue weighted by molar-refractivity contribution is 7.81. The lowest BCUT2D eigenvalue weighted by atomic mass is 10.0. The van der Waals surface area contributed by atoms with E-state index in [-0.39, 0.29) is 27.6 Å². The van der Waals surface area contributed by atoms with Gasteiger partial charge < -0.3 is 20.1 Å². The quantitative estimate of drug-likeness (QED) is 0.0880. The van der Waals surface area contributed by atoms with E-state index in [2.05, 4.69) is 25.1 Å². The van der Waals surface area contributed by atoms with Crippen LogP contribution >= 0.6 is 12.2 Å². The van der Waals surface area contributed by atoms with E-state index in [1.165, 1.54) is 43.0 Å². The number of anilines is 2. The average Bonchev–Trinajstić information content (AvgIpc) is 3.35. The van der Waals surface area contributed by atoms with Crippen molar-refractivity contribution in [1.82, 2.24) is 25.1 Å². The molecule has 6 rings (SSSR count). The number of carbonyl (C=O) groups excluding carboxylic acids is 2. The largest absolute Gasteiger partial charge is 0.417 e. The molecule has 0 saturated carbocycles. The van der Waals surface area contributed by atoms with Crippen LogP contribution in [-0.2, 0) is 23.9 Å². The number of aromatic nitrogens is 2. The Balaban J connectivity index is 0.930. The van der Waals surface area contributed by atoms with Crippen LogP contribution in [-0.4, -0.2) is 81.5 Å². The number of unbranched alkanes of at least 4 members (excludes halogenated alkanes) is 3. The number of rotatable bonds is 13. The molecular formula is C41H44F4N8O3S. The molecular weight excluding hydrogens is 761 g/mol. The molecule has 11 nitrogen and oxygen atoms in total. The number of nitrogens with one attached hydrogen (secondary N) is 2. The van der Waals surface area contributed by atoms with E-state index in [9.17, 15) is 27.6 Å². The maximum atomic E-state index is 15.4. The van der Waals surface area contributed by atoms with Crippen molar-refractivity contribution in [2.75, 3.05) is 49.1 Å². The average molecular weight is 805 g/mol. The highest BCUT2D eigenvalue weighted by Crippen LogP contribution is 2.40. The van der Waals surface area contributed by atoms with Crippen molar-refractivity contribution in [2.45, 2.75) is 71.1 Å². The molecule has 0 bridgehead atoms. The number of thiocarbonyl (C=S) groups is 1. The van der Waals surface area contributed by atoms with Gasteiger partial charge in [-0.1, -0.05) is 19.8 Å². The van der Waals surface area contributed by atoms with Crippen molar-refractivity contribution >= 4 is 51.6 Å². The summed E-state index contributed by atoms with van der Waals surface area (Å²) in [7, 11) is 0. The van der Waals surface area contributed by atoms with Gasteiger partial charge in [0.25, 0.3) is 17.4 Å². The van der Waals surface area contributed by atoms with E-state index in [4.69, 9.17) is 17.5 Å². The van der Waals surface area contributed by atoms with Gasteiger partial charge in [0, 0.05) is 56.7 Å². The van der Waals surface area contributed by atoms with Crippen molar-refractivity contribution in [1.29, 1.82) is 5.26 Å². The number of pyridine rings is 2. The summed E-state index contributed by atoms with van der Waals surface area (Å²) in [6.07, 6.45) is 1.34. The van der Waals surface area contributed by atoms with Gasteiger partial charge in [-0.2, -0.15) is 18.4 Å². The van der Waals surface area contributed by atoms with Gasteiger partial charge in [0.1, 0.15) is 11.4 Å². The molecule has 0 unspecified atom stereocenters. The Morgan fingerprint density at radius 3 is 2.37 bits per heavy atom. The summed E-state index contributed by atoms with van der Waals surface area (Å²) in [5.41, 5.74) is -0.145. The van der Waals surface area contributed by atoms with Crippen LogP contribution in [0, 0.1) is 17.1 Å². The molecule has 2 aromatic heterocycles. The van der Waals surface area contributed by atoms with Crippen LogP contribution in [0.25, 0.3) is 11.0 Å². The van der Waals surface area contributed by atoms with Gasteiger partial charge in [0.15, 0.2) is 5.11 Å². The van der Waals surface area contributed by atoms with Crippen LogP contribution in [0.3, 0.4) is 0 Å². The lowest BCUT2D eigenvalue weighted by Gasteiger charge is -2.34. The lowest BCUT2D eigenvalue weighted by molar-refractivity contribution is -0.137. The molecule has 2 aromatic carbocycles. The molecule has 300 valence electrons. The van der Waals surface area contributed by atoms with Crippen LogP contribution < -0.4 is 20.7 Å². The minimum atomic E-state index is -4.84. The molecule has 2 amide bonds. The Labute approximate surface area is 333 Å². The van der Waals surface area contributed by atoms with Crippen LogP contribution in [0.15, 0.2) is 59.5 Å². The fourth-order valence-corrected chi connectivity index (χ4v) is 7.86. The van der Waals surface area contributed by atoms with Gasteiger partial charge in [0.05, 0.1) is 39.5 Å². The number of alkyl halides is 3. The van der Waals surface area contributed by atoms with Crippen LogP contribution in [0.5, 0.6) is 0 Å². The first-order valence-corrected chi connectivity index (χ1v) is 19.4. The van der Waals surface area contributed by atoms with E-state index in [0.717, 1.165) is 104 Å². The van der Waals surface area contributed by atoms with Crippen molar-refractivity contribution in [3.05, 3.63) is 98.7 Å².